The largest absolute Gasteiger partial charge is 0.384 e. The van der Waals surface area contributed by atoms with Gasteiger partial charge in [0.15, 0.2) is 0 Å². The van der Waals surface area contributed by atoms with Crippen LogP contribution in [0.3, 0.4) is 0 Å². The molecule has 0 aromatic carbocycles. The van der Waals surface area contributed by atoms with Gasteiger partial charge in [0.1, 0.15) is 11.3 Å². The van der Waals surface area contributed by atoms with Gasteiger partial charge in [-0.05, 0) is 57.3 Å². The Morgan fingerprint density at radius 2 is 1.97 bits per heavy atom. The molecule has 5 rings (SSSR count). The molecule has 0 spiro atoms. The van der Waals surface area contributed by atoms with Gasteiger partial charge in [-0.3, -0.25) is 4.90 Å². The van der Waals surface area contributed by atoms with E-state index < -0.39 is 5.60 Å². The highest BCUT2D eigenvalue weighted by atomic mass is 16.5. The minimum atomic E-state index is -0.979. The lowest BCUT2D eigenvalue weighted by Crippen LogP contribution is -2.38. The van der Waals surface area contributed by atoms with E-state index in [4.69, 9.17) is 4.74 Å². The zero-order valence-electron chi connectivity index (χ0n) is 18.3. The van der Waals surface area contributed by atoms with E-state index in [-0.39, 0.29) is 12.1 Å². The van der Waals surface area contributed by atoms with Crippen LogP contribution in [-0.2, 0) is 23.9 Å². The van der Waals surface area contributed by atoms with E-state index in [2.05, 4.69) is 31.8 Å². The average molecular weight is 415 g/mol. The molecule has 2 saturated carbocycles. The number of imidazole rings is 1. The minimum absolute atomic E-state index is 0.167. The first-order valence-corrected chi connectivity index (χ1v) is 11.3. The van der Waals surface area contributed by atoms with Crippen molar-refractivity contribution in [2.45, 2.75) is 63.8 Å². The molecule has 0 bridgehead atoms. The van der Waals surface area contributed by atoms with Gasteiger partial charge in [-0.2, -0.15) is 0 Å². The average Bonchev–Trinajstić information content (AvgIpc) is 3.06. The van der Waals surface area contributed by atoms with Crippen molar-refractivity contribution in [3.63, 3.8) is 0 Å². The molecule has 0 amide bonds. The van der Waals surface area contributed by atoms with Crippen molar-refractivity contribution in [3.05, 3.63) is 30.1 Å². The maximum absolute atomic E-state index is 10.3. The highest BCUT2D eigenvalue weighted by molar-refractivity contribution is 5.06. The van der Waals surface area contributed by atoms with Gasteiger partial charge in [0.05, 0.1) is 30.4 Å². The molecule has 1 aliphatic heterocycles. The van der Waals surface area contributed by atoms with Gasteiger partial charge in [-0.1, -0.05) is 5.21 Å². The molecule has 8 nitrogen and oxygen atoms in total. The molecule has 8 heteroatoms. The molecule has 30 heavy (non-hydrogen) atoms. The van der Waals surface area contributed by atoms with Crippen LogP contribution >= 0.6 is 0 Å². The lowest BCUT2D eigenvalue weighted by atomic mass is 9.77. The van der Waals surface area contributed by atoms with E-state index in [9.17, 15) is 5.11 Å². The Balaban J connectivity index is 1.31. The van der Waals surface area contributed by atoms with Crippen molar-refractivity contribution in [1.82, 2.24) is 29.4 Å². The van der Waals surface area contributed by atoms with Crippen LogP contribution in [-0.4, -0.2) is 60.4 Å². The summed E-state index contributed by atoms with van der Waals surface area (Å²) in [5, 5.41) is 19.0. The van der Waals surface area contributed by atoms with E-state index in [1.165, 1.54) is 18.5 Å². The summed E-state index contributed by atoms with van der Waals surface area (Å²) in [5.74, 6) is 2.05. The topological polar surface area (TPSA) is 81.2 Å². The molecule has 2 aromatic rings. The number of nitrogens with zero attached hydrogens (tertiary/aromatic N) is 6. The number of aryl methyl sites for hydroxylation is 1. The number of likely N-dealkylation sites (tertiary alicyclic amines) is 1. The third-order valence-electron chi connectivity index (χ3n) is 7.18. The lowest BCUT2D eigenvalue weighted by molar-refractivity contribution is -0.0376. The van der Waals surface area contributed by atoms with Crippen LogP contribution < -0.4 is 0 Å². The van der Waals surface area contributed by atoms with E-state index in [1.54, 1.807) is 13.8 Å². The number of fused-ring (bicyclic) bond motifs is 1. The zero-order valence-corrected chi connectivity index (χ0v) is 18.3. The molecule has 2 aliphatic carbocycles. The summed E-state index contributed by atoms with van der Waals surface area (Å²) in [7, 11) is 2.06. The molecule has 0 radical (unpaired) electrons. The van der Waals surface area contributed by atoms with Crippen LogP contribution in [0.4, 0.5) is 0 Å². The Kier molecular flexibility index (Phi) is 5.19. The highest BCUT2D eigenvalue weighted by Gasteiger charge is 2.44. The third-order valence-corrected chi connectivity index (χ3v) is 7.18. The number of ether oxygens (including phenoxy) is 1. The Morgan fingerprint density at radius 1 is 1.20 bits per heavy atom. The Morgan fingerprint density at radius 3 is 2.60 bits per heavy atom. The third kappa shape index (κ3) is 4.18. The molecule has 164 valence electrons. The number of aromatic nitrogens is 5. The van der Waals surface area contributed by atoms with E-state index in [1.807, 2.05) is 23.4 Å². The standard InChI is InChI=1S/C22H34N6O2/c1-22(2,29)21-12-28(25-24-21)19-6-16-9-27(11-18-8-23-14-26(18)3)10-17(16)7-20(19)30-13-15-4-5-15/h8,12,14-17,19-20,29H,4-7,9-11,13H2,1-3H3/t16-,17+,19-,20-/m1/s1. The van der Waals surface area contributed by atoms with Crippen molar-refractivity contribution in [1.29, 1.82) is 0 Å². The van der Waals surface area contributed by atoms with Gasteiger partial charge in [0, 0.05) is 39.5 Å². The summed E-state index contributed by atoms with van der Waals surface area (Å²) in [5.41, 5.74) is 0.903. The summed E-state index contributed by atoms with van der Waals surface area (Å²) < 4.78 is 10.5. The van der Waals surface area contributed by atoms with Gasteiger partial charge in [-0.25, -0.2) is 9.67 Å². The van der Waals surface area contributed by atoms with Gasteiger partial charge < -0.3 is 14.4 Å². The van der Waals surface area contributed by atoms with E-state index in [0.717, 1.165) is 45.0 Å². The van der Waals surface area contributed by atoms with Crippen LogP contribution in [0.5, 0.6) is 0 Å². The molecule has 3 fully saturated rings. The fourth-order valence-electron chi connectivity index (χ4n) is 5.10. The van der Waals surface area contributed by atoms with Gasteiger partial charge >= 0.3 is 0 Å². The van der Waals surface area contributed by atoms with Crippen molar-refractivity contribution >= 4 is 0 Å². The van der Waals surface area contributed by atoms with E-state index >= 15 is 0 Å². The number of hydrogen-bond donors (Lipinski definition) is 1. The number of aliphatic hydroxyl groups is 1. The van der Waals surface area contributed by atoms with Crippen LogP contribution in [0.1, 0.15) is 57.0 Å². The Labute approximate surface area is 178 Å². The first-order chi connectivity index (χ1) is 14.4. The molecule has 1 N–H and O–H groups in total. The molecule has 4 atom stereocenters. The Bertz CT molecular complexity index is 867. The summed E-state index contributed by atoms with van der Waals surface area (Å²) in [6, 6.07) is 0.185. The second-order valence-corrected chi connectivity index (χ2v) is 10.2. The molecule has 2 aromatic heterocycles. The zero-order chi connectivity index (χ0) is 20.9. The van der Waals surface area contributed by atoms with Crippen LogP contribution in [0.2, 0.25) is 0 Å². The summed E-state index contributed by atoms with van der Waals surface area (Å²) in [4.78, 5) is 6.83. The summed E-state index contributed by atoms with van der Waals surface area (Å²) >= 11 is 0. The highest BCUT2D eigenvalue weighted by Crippen LogP contribution is 2.43. The van der Waals surface area contributed by atoms with Gasteiger partial charge in [0.2, 0.25) is 0 Å². The normalized spacial score (nSPS) is 30.0. The fourth-order valence-corrected chi connectivity index (χ4v) is 5.10. The smallest absolute Gasteiger partial charge is 0.114 e. The van der Waals surface area contributed by atoms with Crippen LogP contribution in [0, 0.1) is 17.8 Å². The minimum Gasteiger partial charge on any atom is -0.384 e. The summed E-state index contributed by atoms with van der Waals surface area (Å²) in [6.07, 6.45) is 10.7. The summed E-state index contributed by atoms with van der Waals surface area (Å²) in [6.45, 7) is 7.56. The van der Waals surface area contributed by atoms with E-state index in [0.29, 0.717) is 17.5 Å². The van der Waals surface area contributed by atoms with Gasteiger partial charge in [-0.15, -0.1) is 5.10 Å². The first-order valence-electron chi connectivity index (χ1n) is 11.3. The monoisotopic (exact) mass is 414 g/mol. The quantitative estimate of drug-likeness (QED) is 0.747. The maximum Gasteiger partial charge on any atom is 0.114 e. The van der Waals surface area contributed by atoms with Crippen molar-refractivity contribution < 1.29 is 9.84 Å². The molecule has 1 saturated heterocycles. The molecule has 0 unspecified atom stereocenters. The lowest BCUT2D eigenvalue weighted by Gasteiger charge is -2.37. The van der Waals surface area contributed by atoms with Gasteiger partial charge in [0.25, 0.3) is 0 Å². The maximum atomic E-state index is 10.3. The van der Waals surface area contributed by atoms with Crippen LogP contribution in [0.25, 0.3) is 0 Å². The second-order valence-electron chi connectivity index (χ2n) is 10.2. The SMILES string of the molecule is Cn1cncc1CN1C[C@H]2C[C@@H](n3cc(C(C)(C)O)nn3)[C@H](OCC3CC3)C[C@H]2C1. The molecule has 3 aliphatic rings. The number of hydrogen-bond acceptors (Lipinski definition) is 6. The number of rotatable bonds is 7. The van der Waals surface area contributed by atoms with Crippen LogP contribution in [0.15, 0.2) is 18.7 Å². The predicted octanol–water partition coefficient (Wildman–Crippen LogP) is 2.12. The fraction of sp³-hybridized carbons (Fsp3) is 0.773. The molecular weight excluding hydrogens is 380 g/mol. The predicted molar refractivity (Wildman–Crippen MR) is 111 cm³/mol. The second kappa shape index (κ2) is 7.73. The molecular formula is C22H34N6O2. The Hall–Kier alpha value is -1.77. The molecule has 3 heterocycles. The van der Waals surface area contributed by atoms with Crippen molar-refractivity contribution in [2.75, 3.05) is 19.7 Å². The van der Waals surface area contributed by atoms with Crippen molar-refractivity contribution in [3.8, 4) is 0 Å². The first kappa shape index (κ1) is 20.2. The van der Waals surface area contributed by atoms with Crippen molar-refractivity contribution in [2.24, 2.45) is 24.8 Å².